The van der Waals surface area contributed by atoms with Gasteiger partial charge in [-0.05, 0) is 216 Å². The maximum absolute atomic E-state index is 15.0. The van der Waals surface area contributed by atoms with Crippen LogP contribution in [0.1, 0.15) is 152 Å². The number of furan rings is 2. The zero-order chi connectivity index (χ0) is 88.7. The van der Waals surface area contributed by atoms with Gasteiger partial charge in [-0.15, -0.1) is 0 Å². The quantitative estimate of drug-likeness (QED) is 0.0425. The third-order valence-corrected chi connectivity index (χ3v) is 26.4. The second kappa shape index (κ2) is 34.1. The Balaban J connectivity index is 0.000000121. The Hall–Kier alpha value is -12.7. The molecule has 0 saturated carbocycles. The van der Waals surface area contributed by atoms with Crippen molar-refractivity contribution in [2.45, 2.75) is 76.0 Å². The number of hydrogen-bond acceptors (Lipinski definition) is 21. The van der Waals surface area contributed by atoms with Gasteiger partial charge in [0.05, 0.1) is 90.8 Å². The molecule has 638 valence electrons. The lowest BCUT2D eigenvalue weighted by Gasteiger charge is -2.29. The number of aromatic nitrogens is 1. The van der Waals surface area contributed by atoms with Gasteiger partial charge >= 0.3 is 12.1 Å². The average Bonchev–Trinajstić information content (AvgIpc) is 1.58. The van der Waals surface area contributed by atoms with E-state index in [1.54, 1.807) is 75.1 Å². The Morgan fingerprint density at radius 2 is 0.936 bits per heavy atom. The summed E-state index contributed by atoms with van der Waals surface area (Å²) in [5.74, 6) is -2.92. The molecule has 3 aromatic heterocycles. The molecule has 21 rings (SSSR count). The molecule has 31 nitrogen and oxygen atoms in total. The fraction of sp³-hybridized carbons (Fsp3) is 0.207. The van der Waals surface area contributed by atoms with Gasteiger partial charge in [-0.1, -0.05) is 36.4 Å². The minimum Gasteiger partial charge on any atom is -0.507 e. The van der Waals surface area contributed by atoms with Gasteiger partial charge in [0.15, 0.2) is 45.8 Å². The summed E-state index contributed by atoms with van der Waals surface area (Å²) in [5.41, 5.74) is 8.25. The molecule has 0 spiro atoms. The number of benzene rings is 8. The van der Waals surface area contributed by atoms with Gasteiger partial charge in [-0.25, -0.2) is 18.4 Å². The zero-order valence-electron chi connectivity index (χ0n) is 65.8. The van der Waals surface area contributed by atoms with Gasteiger partial charge in [0.1, 0.15) is 45.7 Å². The Kier molecular flexibility index (Phi) is 23.4. The first-order valence-electron chi connectivity index (χ1n) is 38.1. The summed E-state index contributed by atoms with van der Waals surface area (Å²) in [7, 11) is 5.78. The summed E-state index contributed by atoms with van der Waals surface area (Å²) in [6.45, 7) is 1.78. The number of hydrogen-bond donors (Lipinski definition) is 10. The van der Waals surface area contributed by atoms with Gasteiger partial charge < -0.3 is 79.7 Å². The maximum Gasteiger partial charge on any atom is 0.322 e. The molecule has 11 heterocycles. The average molecular weight is 2070 g/mol. The molecule has 8 aliphatic heterocycles. The van der Waals surface area contributed by atoms with Crippen molar-refractivity contribution < 1.29 is 104 Å². The van der Waals surface area contributed by atoms with Crippen LogP contribution in [0.3, 0.4) is 0 Å². The molecule has 38 heteroatoms. The first-order chi connectivity index (χ1) is 59.9. The smallest absolute Gasteiger partial charge is 0.322 e. The largest absolute Gasteiger partial charge is 0.507 e. The number of amides is 12. The number of ketones is 2. The molecule has 8 aromatic carbocycles. The number of rotatable bonds is 11. The molecule has 0 radical (unpaired) electrons. The highest BCUT2D eigenvalue weighted by atomic mass is 127. The molecule has 11 aromatic rings. The summed E-state index contributed by atoms with van der Waals surface area (Å²) in [6, 6.07) is 29.5. The summed E-state index contributed by atoms with van der Waals surface area (Å²) in [5, 5.41) is 40.7. The van der Waals surface area contributed by atoms with Crippen LogP contribution in [0.4, 0.5) is 18.4 Å². The number of methoxy groups -OCH3 is 4. The van der Waals surface area contributed by atoms with Crippen LogP contribution in [-0.2, 0) is 72.8 Å². The van der Waals surface area contributed by atoms with E-state index < -0.39 is 58.4 Å². The van der Waals surface area contributed by atoms with Gasteiger partial charge in [-0.3, -0.25) is 63.6 Å². The highest BCUT2D eigenvalue weighted by molar-refractivity contribution is 14.1. The molecule has 2 aliphatic carbocycles. The number of ether oxygens (including phenoxy) is 4. The molecule has 2 atom stereocenters. The predicted molar refractivity (Wildman–Crippen MR) is 463 cm³/mol. The highest BCUT2D eigenvalue weighted by Gasteiger charge is 2.56. The number of pyridine rings is 1. The van der Waals surface area contributed by atoms with Crippen molar-refractivity contribution >= 4 is 179 Å². The summed E-state index contributed by atoms with van der Waals surface area (Å²) >= 11 is 15.2. The number of nitrogens with zero attached hydrogens (tertiary/aromatic N) is 3. The lowest BCUT2D eigenvalue weighted by molar-refractivity contribution is -0.126. The molecule has 2 saturated heterocycles. The maximum atomic E-state index is 15.0. The van der Waals surface area contributed by atoms with Gasteiger partial charge in [0, 0.05) is 103 Å². The van der Waals surface area contributed by atoms with Crippen LogP contribution in [0.15, 0.2) is 148 Å². The van der Waals surface area contributed by atoms with Crippen LogP contribution in [0.2, 0.25) is 0 Å². The van der Waals surface area contributed by atoms with Crippen LogP contribution < -0.4 is 61.5 Å². The van der Waals surface area contributed by atoms with Gasteiger partial charge in [-0.2, -0.15) is 0 Å². The third kappa shape index (κ3) is 15.4. The monoisotopic (exact) mass is 2070 g/mol. The topological polar surface area (TPSA) is 424 Å². The van der Waals surface area contributed by atoms with E-state index in [0.29, 0.717) is 143 Å². The number of Topliss-reactive ketones (excluding diaryl/α,β-unsaturated/α-hetero) is 2. The fourth-order valence-corrected chi connectivity index (χ4v) is 20.1. The number of phenols is 2. The number of aryl methyl sites for hydroxylation is 2. The van der Waals surface area contributed by atoms with Crippen molar-refractivity contribution in [3.05, 3.63) is 255 Å². The van der Waals surface area contributed by atoms with Crippen LogP contribution in [0.25, 0.3) is 33.1 Å². The summed E-state index contributed by atoms with van der Waals surface area (Å²) in [4.78, 5) is 155. The van der Waals surface area contributed by atoms with Crippen molar-refractivity contribution in [3.8, 4) is 45.6 Å². The Bertz CT molecular complexity index is 6610. The SMILES string of the molecule is COc1ccc2c(c1)C(=O)NC2.COc1ccc2c(c1Br)C(=O)NC2.COc1ccc2c(c1F)C(=O)N(C[C@]1(c3cc4cc5c(c(-c6cccnc6)c4o3)C(=O)CC5)NC(=O)NC1=O)C2.COc1ccc2c(c1F)C(=O)N(C[C@]1(c3cc4cc5c(c(Br)c4o3)C(=O)CC5)NC(=O)NC1=O)C2.O=C1NCc2cc(I)c(O)c(Br)c21.O=C1NCc2ccc(O)c(Br)c21. The minimum absolute atomic E-state index is 0.00812. The number of carbonyl (C=O) groups is 12. The van der Waals surface area contributed by atoms with E-state index in [1.165, 1.54) is 36.2 Å². The van der Waals surface area contributed by atoms with E-state index in [9.17, 15) is 76.5 Å². The van der Waals surface area contributed by atoms with E-state index in [4.69, 9.17) is 27.8 Å². The van der Waals surface area contributed by atoms with Crippen LogP contribution in [-0.4, -0.2) is 137 Å². The predicted octanol–water partition coefficient (Wildman–Crippen LogP) is 12.7. The number of imide groups is 2. The lowest BCUT2D eigenvalue weighted by atomic mass is 9.93. The van der Waals surface area contributed by atoms with Crippen LogP contribution in [0, 0.1) is 15.2 Å². The van der Waals surface area contributed by atoms with Gasteiger partial charge in [0.25, 0.3) is 47.3 Å². The molecule has 0 unspecified atom stereocenters. The zero-order valence-corrected chi connectivity index (χ0v) is 74.3. The molecule has 2 fully saturated rings. The Morgan fingerprint density at radius 3 is 1.46 bits per heavy atom. The van der Waals surface area contributed by atoms with Crippen LogP contribution in [0.5, 0.6) is 34.5 Å². The van der Waals surface area contributed by atoms with E-state index in [1.807, 2.05) is 71.1 Å². The number of urea groups is 2. The Labute approximate surface area is 753 Å². The lowest BCUT2D eigenvalue weighted by Crippen LogP contribution is -2.52. The first kappa shape index (κ1) is 85.9. The van der Waals surface area contributed by atoms with Crippen molar-refractivity contribution in [3.63, 3.8) is 0 Å². The number of carbonyl (C=O) groups excluding carboxylic acids is 12. The molecule has 10 N–H and O–H groups in total. The van der Waals surface area contributed by atoms with Crippen molar-refractivity contribution in [2.24, 2.45) is 0 Å². The molecule has 10 aliphatic rings. The number of fused-ring (bicyclic) bond motifs is 10. The Morgan fingerprint density at radius 1 is 0.464 bits per heavy atom. The van der Waals surface area contributed by atoms with Crippen molar-refractivity contribution in [1.29, 1.82) is 0 Å². The molecular weight excluding hydrogens is 2000 g/mol. The van der Waals surface area contributed by atoms with Gasteiger partial charge in [0.2, 0.25) is 0 Å². The number of phenolic OH excluding ortho intramolecular Hbond substituents is 2. The molecule has 0 bridgehead atoms. The minimum atomic E-state index is -1.80. The van der Waals surface area contributed by atoms with E-state index in [0.717, 1.165) is 52.7 Å². The molecule has 125 heavy (non-hydrogen) atoms. The number of aromatic hydroxyl groups is 2. The second-order valence-corrected chi connectivity index (χ2v) is 34.0. The van der Waals surface area contributed by atoms with Crippen molar-refractivity contribution in [1.82, 2.24) is 57.3 Å². The molecule has 12 amide bonds. The number of nitrogens with one attached hydrogen (secondary N) is 8. The molecular formula is C87H66Br4F2IN11O20. The normalized spacial score (nSPS) is 17.8. The van der Waals surface area contributed by atoms with E-state index >= 15 is 0 Å². The van der Waals surface area contributed by atoms with Crippen molar-refractivity contribution in [2.75, 3.05) is 41.5 Å². The van der Waals surface area contributed by atoms with E-state index in [2.05, 4.69) is 111 Å². The second-order valence-electron chi connectivity index (χ2n) is 29.7. The van der Waals surface area contributed by atoms with E-state index in [-0.39, 0.29) is 107 Å². The fourth-order valence-electron chi connectivity index (χ4n) is 16.3. The third-order valence-electron chi connectivity index (χ3n) is 22.5. The standard InChI is InChI=1S/C29H21FN4O6.C24H17BrFN3O6.C9H8BrNO2.C9H9NO2.C8H5BrINO2.C8H6BrNO2/c1-39-19-7-5-16-12-34(26(36)23(16)24(19)30)13-29(27(37)32-28(38)33-29)20-10-17-9-14-4-6-18(35)21(14)22(25(17)40-20)15-3-2-8-31-11-15;1-34-14-5-3-11-8-29(21(31)17(11)19(14)26)9-24(22(32)27-23(33)28-24)15-7-12-6-10-2-4-13(30)16(10)18(25)20(12)35-15;1-13-6-3-2-5-4-11-9(12)7(5)8(6)10;1-12-7-3-2-6-5-10-9(11)8(6)4-7;9-6-5-3(2-11-8(5)13)1-4(10)7(6)12;9-7-5(11)2-1-4-3-10-8(12)6(4)7/h2-3,5,7-11H,4,6,12-13H2,1H3,(H2,32,33,37,38);3,5-7H,2,4,8-9H2,1H3,(H2,27,28,32,33);2-3H,4H2,1H3,(H,11,12);2-4H,5H2,1H3,(H,10,11);1,12H,2H2,(H,11,13);1-2,11H,3H2,(H,10,12)/t29-;24-;;;;/m11..../s1. The van der Waals surface area contributed by atoms with Crippen LogP contribution >= 0.6 is 86.3 Å². The summed E-state index contributed by atoms with van der Waals surface area (Å²) < 4.78 is 65.2. The summed E-state index contributed by atoms with van der Waals surface area (Å²) in [6.07, 6.45) is 5.21. The highest BCUT2D eigenvalue weighted by Crippen LogP contribution is 2.47. The first-order valence-corrected chi connectivity index (χ1v) is 42.4. The number of halogens is 7.